The third-order valence-electron chi connectivity index (χ3n) is 4.55. The molecule has 0 aromatic heterocycles. The topological polar surface area (TPSA) is 40.5 Å². The summed E-state index contributed by atoms with van der Waals surface area (Å²) in [5, 5.41) is 19.8. The summed E-state index contributed by atoms with van der Waals surface area (Å²) in [7, 11) is 0. The molecule has 0 radical (unpaired) electrons. The Bertz CT molecular complexity index is 202. The van der Waals surface area contributed by atoms with Crippen LogP contribution >= 0.6 is 11.8 Å². The van der Waals surface area contributed by atoms with Crippen LogP contribution in [0.2, 0.25) is 0 Å². The highest BCUT2D eigenvalue weighted by Gasteiger charge is 2.16. The lowest BCUT2D eigenvalue weighted by atomic mass is 10.1. The number of hydrogen-bond acceptors (Lipinski definition) is 3. The summed E-state index contributed by atoms with van der Waals surface area (Å²) < 4.78 is 0. The second-order valence-electron chi connectivity index (χ2n) is 6.81. The molecule has 2 nitrogen and oxygen atoms in total. The minimum absolute atomic E-state index is 0.301. The van der Waals surface area contributed by atoms with Crippen LogP contribution in [-0.4, -0.2) is 33.9 Å². The molecule has 0 heterocycles. The second kappa shape index (κ2) is 18.6. The third kappa shape index (κ3) is 15.5. The lowest BCUT2D eigenvalue weighted by Crippen LogP contribution is -2.14. The smallest absolute Gasteiger partial charge is 0.0441 e. The summed E-state index contributed by atoms with van der Waals surface area (Å²) in [5.41, 5.74) is 0. The maximum absolute atomic E-state index is 9.33. The maximum Gasteiger partial charge on any atom is 0.0441 e. The lowest BCUT2D eigenvalue weighted by molar-refractivity contribution is 0.281. The van der Waals surface area contributed by atoms with Crippen molar-refractivity contribution < 1.29 is 10.2 Å². The first-order chi connectivity index (χ1) is 11.3. The van der Waals surface area contributed by atoms with Gasteiger partial charge in [-0.3, -0.25) is 0 Å². The van der Waals surface area contributed by atoms with Crippen LogP contribution in [0.15, 0.2) is 0 Å². The number of thioether (sulfide) groups is 1. The van der Waals surface area contributed by atoms with Crippen molar-refractivity contribution in [3.63, 3.8) is 0 Å². The normalized spacial score (nSPS) is 14.1. The van der Waals surface area contributed by atoms with Gasteiger partial charge in [0.25, 0.3) is 0 Å². The lowest BCUT2D eigenvalue weighted by Gasteiger charge is -2.23. The van der Waals surface area contributed by atoms with E-state index in [1.54, 1.807) is 0 Å². The van der Waals surface area contributed by atoms with Gasteiger partial charge in [-0.2, -0.15) is 11.8 Å². The molecule has 0 aromatic rings. The average molecular weight is 347 g/mol. The zero-order chi connectivity index (χ0) is 17.2. The van der Waals surface area contributed by atoms with Gasteiger partial charge in [-0.05, 0) is 25.7 Å². The number of hydrogen-bond donors (Lipinski definition) is 2. The van der Waals surface area contributed by atoms with Crippen molar-refractivity contribution in [3.8, 4) is 0 Å². The van der Waals surface area contributed by atoms with Crippen LogP contribution in [0.4, 0.5) is 0 Å². The van der Waals surface area contributed by atoms with Gasteiger partial charge in [0.05, 0.1) is 0 Å². The number of aliphatic hydroxyl groups is 2. The molecule has 0 fully saturated rings. The molecule has 3 heteroatoms. The van der Waals surface area contributed by atoms with E-state index in [-0.39, 0.29) is 0 Å². The monoisotopic (exact) mass is 346 g/mol. The fraction of sp³-hybridized carbons (Fsp3) is 1.00. The van der Waals surface area contributed by atoms with E-state index in [9.17, 15) is 10.2 Å². The van der Waals surface area contributed by atoms with E-state index in [0.717, 1.165) is 12.8 Å². The summed E-state index contributed by atoms with van der Waals surface area (Å²) in [6, 6.07) is 0. The van der Waals surface area contributed by atoms with Crippen molar-refractivity contribution in [2.75, 3.05) is 13.2 Å². The standard InChI is InChI=1S/C20H42O2S/c1-3-5-7-9-11-13-19(15-17-21)23-20(16-18-22)14-12-10-8-6-4-2/h19-22H,3-18H2,1-2H3. The van der Waals surface area contributed by atoms with Crippen LogP contribution in [0.1, 0.15) is 104 Å². The van der Waals surface area contributed by atoms with Gasteiger partial charge in [0.2, 0.25) is 0 Å². The highest BCUT2D eigenvalue weighted by molar-refractivity contribution is 8.00. The maximum atomic E-state index is 9.33. The van der Waals surface area contributed by atoms with E-state index in [1.165, 1.54) is 77.0 Å². The first-order valence-corrected chi connectivity index (χ1v) is 11.1. The van der Waals surface area contributed by atoms with E-state index in [4.69, 9.17) is 0 Å². The van der Waals surface area contributed by atoms with E-state index in [0.29, 0.717) is 23.7 Å². The molecular weight excluding hydrogens is 304 g/mol. The van der Waals surface area contributed by atoms with Crippen LogP contribution in [0.25, 0.3) is 0 Å². The molecule has 0 aliphatic heterocycles. The highest BCUT2D eigenvalue weighted by atomic mass is 32.2. The molecule has 0 bridgehead atoms. The Kier molecular flexibility index (Phi) is 18.8. The van der Waals surface area contributed by atoms with Crippen LogP contribution in [0.3, 0.4) is 0 Å². The van der Waals surface area contributed by atoms with E-state index in [2.05, 4.69) is 13.8 Å². The van der Waals surface area contributed by atoms with Crippen molar-refractivity contribution in [2.24, 2.45) is 0 Å². The first kappa shape index (κ1) is 23.3. The fourth-order valence-electron chi connectivity index (χ4n) is 3.07. The summed E-state index contributed by atoms with van der Waals surface area (Å²) >= 11 is 2.05. The Labute approximate surface area is 149 Å². The molecule has 0 aliphatic rings. The van der Waals surface area contributed by atoms with Gasteiger partial charge >= 0.3 is 0 Å². The minimum Gasteiger partial charge on any atom is -0.396 e. The van der Waals surface area contributed by atoms with E-state index in [1.807, 2.05) is 11.8 Å². The molecule has 0 aromatic carbocycles. The summed E-state index contributed by atoms with van der Waals surface area (Å²) in [6.45, 7) is 5.11. The molecule has 23 heavy (non-hydrogen) atoms. The second-order valence-corrected chi connectivity index (χ2v) is 8.42. The van der Waals surface area contributed by atoms with Gasteiger partial charge in [0, 0.05) is 23.7 Å². The molecule has 0 saturated heterocycles. The molecule has 140 valence electrons. The zero-order valence-corrected chi connectivity index (χ0v) is 16.6. The zero-order valence-electron chi connectivity index (χ0n) is 15.8. The Balaban J connectivity index is 4.02. The van der Waals surface area contributed by atoms with E-state index >= 15 is 0 Å². The van der Waals surface area contributed by atoms with Gasteiger partial charge in [-0.1, -0.05) is 78.1 Å². The molecule has 0 saturated carbocycles. The van der Waals surface area contributed by atoms with Gasteiger partial charge in [-0.25, -0.2) is 0 Å². The SMILES string of the molecule is CCCCCCCC(CCO)SC(CCO)CCCCCCC. The molecule has 2 unspecified atom stereocenters. The molecular formula is C20H42O2S. The summed E-state index contributed by atoms with van der Waals surface area (Å²) in [6.07, 6.45) is 17.5. The number of rotatable bonds is 18. The predicted molar refractivity (Wildman–Crippen MR) is 105 cm³/mol. The molecule has 2 N–H and O–H groups in total. The van der Waals surface area contributed by atoms with Crippen molar-refractivity contribution in [1.29, 1.82) is 0 Å². The molecule has 0 amide bonds. The van der Waals surface area contributed by atoms with Gasteiger partial charge in [0.15, 0.2) is 0 Å². The van der Waals surface area contributed by atoms with Crippen molar-refractivity contribution in [2.45, 2.75) is 114 Å². The Morgan fingerprint density at radius 1 is 0.565 bits per heavy atom. The highest BCUT2D eigenvalue weighted by Crippen LogP contribution is 2.30. The van der Waals surface area contributed by atoms with Crippen LogP contribution in [0.5, 0.6) is 0 Å². The minimum atomic E-state index is 0.301. The summed E-state index contributed by atoms with van der Waals surface area (Å²) in [5.74, 6) is 0. The van der Waals surface area contributed by atoms with Crippen molar-refractivity contribution >= 4 is 11.8 Å². The first-order valence-electron chi connectivity index (χ1n) is 10.2. The van der Waals surface area contributed by atoms with Crippen LogP contribution < -0.4 is 0 Å². The van der Waals surface area contributed by atoms with Crippen molar-refractivity contribution in [3.05, 3.63) is 0 Å². The number of unbranched alkanes of at least 4 members (excludes halogenated alkanes) is 8. The average Bonchev–Trinajstić information content (AvgIpc) is 2.54. The third-order valence-corrected chi connectivity index (χ3v) is 6.26. The quantitative estimate of drug-likeness (QED) is 0.302. The van der Waals surface area contributed by atoms with Crippen molar-refractivity contribution in [1.82, 2.24) is 0 Å². The molecule has 0 aliphatic carbocycles. The molecule has 0 rings (SSSR count). The Morgan fingerprint density at radius 2 is 0.957 bits per heavy atom. The Hall–Kier alpha value is 0.270. The van der Waals surface area contributed by atoms with E-state index < -0.39 is 0 Å². The van der Waals surface area contributed by atoms with Gasteiger partial charge in [-0.15, -0.1) is 0 Å². The van der Waals surface area contributed by atoms with Crippen LogP contribution in [-0.2, 0) is 0 Å². The fourth-order valence-corrected chi connectivity index (χ4v) is 4.70. The van der Waals surface area contributed by atoms with Gasteiger partial charge in [0.1, 0.15) is 0 Å². The Morgan fingerprint density at radius 3 is 1.30 bits per heavy atom. The largest absolute Gasteiger partial charge is 0.396 e. The van der Waals surface area contributed by atoms with Gasteiger partial charge < -0.3 is 10.2 Å². The predicted octanol–water partition coefficient (Wildman–Crippen LogP) is 5.94. The number of aliphatic hydroxyl groups excluding tert-OH is 2. The molecule has 2 atom stereocenters. The molecule has 0 spiro atoms. The summed E-state index contributed by atoms with van der Waals surface area (Å²) in [4.78, 5) is 0. The van der Waals surface area contributed by atoms with Crippen LogP contribution in [0, 0.1) is 0 Å².